The summed E-state index contributed by atoms with van der Waals surface area (Å²) in [7, 11) is 1.69. The lowest BCUT2D eigenvalue weighted by molar-refractivity contribution is 0.295. The van der Waals surface area contributed by atoms with Crippen molar-refractivity contribution in [3.63, 3.8) is 0 Å². The van der Waals surface area contributed by atoms with Crippen molar-refractivity contribution in [3.8, 4) is 5.75 Å². The van der Waals surface area contributed by atoms with Gasteiger partial charge in [0.25, 0.3) is 0 Å². The maximum atomic E-state index is 8.48. The number of hydrogen-bond acceptors (Lipinski definition) is 6. The number of tetrazole rings is 1. The molecule has 1 heterocycles. The fraction of sp³-hybridized carbons (Fsp3) is 0.273. The lowest BCUT2D eigenvalue weighted by atomic mass is 10.1. The minimum Gasteiger partial charge on any atom is -0.485 e. The van der Waals surface area contributed by atoms with Crippen molar-refractivity contribution in [2.45, 2.75) is 13.0 Å². The standard InChI is InChI=1S/C11H14N6O2/c1-17-14-11(13-16-17)7-19-9-4-2-8(3-5-9)6-10(12)15-18/h2-5,18H,6-7H2,1H3,(H2,12,15). The molecule has 0 radical (unpaired) electrons. The maximum absolute atomic E-state index is 8.48. The van der Waals surface area contributed by atoms with E-state index in [2.05, 4.69) is 20.6 Å². The number of nitrogens with two attached hydrogens (primary N) is 1. The van der Waals surface area contributed by atoms with Gasteiger partial charge in [-0.15, -0.1) is 10.2 Å². The second kappa shape index (κ2) is 5.80. The van der Waals surface area contributed by atoms with Crippen LogP contribution in [0.1, 0.15) is 11.4 Å². The molecule has 0 saturated heterocycles. The fourth-order valence-electron chi connectivity index (χ4n) is 1.48. The van der Waals surface area contributed by atoms with Gasteiger partial charge in [0, 0.05) is 6.42 Å². The van der Waals surface area contributed by atoms with Crippen molar-refractivity contribution in [2.24, 2.45) is 17.9 Å². The second-order valence-corrected chi connectivity index (χ2v) is 3.90. The summed E-state index contributed by atoms with van der Waals surface area (Å²) in [6.07, 6.45) is 0.391. The Morgan fingerprint density at radius 2 is 2.16 bits per heavy atom. The molecule has 0 aliphatic carbocycles. The summed E-state index contributed by atoms with van der Waals surface area (Å²) in [5, 5.41) is 22.9. The first-order valence-electron chi connectivity index (χ1n) is 5.58. The van der Waals surface area contributed by atoms with Gasteiger partial charge in [-0.05, 0) is 22.9 Å². The zero-order chi connectivity index (χ0) is 13.7. The van der Waals surface area contributed by atoms with Gasteiger partial charge in [-0.2, -0.15) is 4.80 Å². The van der Waals surface area contributed by atoms with Gasteiger partial charge in [0.1, 0.15) is 11.6 Å². The van der Waals surface area contributed by atoms with Crippen LogP contribution in [-0.2, 0) is 20.1 Å². The predicted molar refractivity (Wildman–Crippen MR) is 66.7 cm³/mol. The van der Waals surface area contributed by atoms with Crippen LogP contribution < -0.4 is 10.5 Å². The van der Waals surface area contributed by atoms with Crippen molar-refractivity contribution in [2.75, 3.05) is 0 Å². The summed E-state index contributed by atoms with van der Waals surface area (Å²) in [5.74, 6) is 1.37. The molecule has 100 valence electrons. The van der Waals surface area contributed by atoms with Gasteiger partial charge >= 0.3 is 0 Å². The number of rotatable bonds is 5. The quantitative estimate of drug-likeness (QED) is 0.341. The van der Waals surface area contributed by atoms with Crippen molar-refractivity contribution in [1.29, 1.82) is 0 Å². The van der Waals surface area contributed by atoms with Crippen LogP contribution in [0, 0.1) is 0 Å². The molecule has 0 bridgehead atoms. The third kappa shape index (κ3) is 3.66. The van der Waals surface area contributed by atoms with Crippen LogP contribution in [0.25, 0.3) is 0 Å². The SMILES string of the molecule is Cn1nnc(COc2ccc(C/C(N)=N/O)cc2)n1. The lowest BCUT2D eigenvalue weighted by Gasteiger charge is -2.04. The lowest BCUT2D eigenvalue weighted by Crippen LogP contribution is -2.14. The maximum Gasteiger partial charge on any atom is 0.212 e. The molecule has 0 unspecified atom stereocenters. The zero-order valence-electron chi connectivity index (χ0n) is 10.4. The molecule has 1 aromatic carbocycles. The highest BCUT2D eigenvalue weighted by Gasteiger charge is 2.02. The van der Waals surface area contributed by atoms with Gasteiger partial charge in [0.2, 0.25) is 5.82 Å². The van der Waals surface area contributed by atoms with E-state index in [4.69, 9.17) is 15.7 Å². The Bertz CT molecular complexity index is 563. The van der Waals surface area contributed by atoms with E-state index in [0.717, 1.165) is 5.56 Å². The molecular weight excluding hydrogens is 248 g/mol. The van der Waals surface area contributed by atoms with Crippen molar-refractivity contribution in [3.05, 3.63) is 35.7 Å². The molecule has 19 heavy (non-hydrogen) atoms. The third-order valence-electron chi connectivity index (χ3n) is 2.35. The Balaban J connectivity index is 1.91. The summed E-state index contributed by atoms with van der Waals surface area (Å²) in [4.78, 5) is 1.37. The Morgan fingerprint density at radius 3 is 2.74 bits per heavy atom. The molecule has 2 aromatic rings. The van der Waals surface area contributed by atoms with E-state index in [1.807, 2.05) is 12.1 Å². The molecule has 1 aromatic heterocycles. The van der Waals surface area contributed by atoms with Gasteiger partial charge in [0.05, 0.1) is 7.05 Å². The molecule has 0 saturated carbocycles. The molecule has 0 aliphatic rings. The highest BCUT2D eigenvalue weighted by atomic mass is 16.5. The van der Waals surface area contributed by atoms with Gasteiger partial charge < -0.3 is 15.7 Å². The number of nitrogens with zero attached hydrogens (tertiary/aromatic N) is 5. The Morgan fingerprint density at radius 1 is 1.42 bits per heavy atom. The summed E-state index contributed by atoms with van der Waals surface area (Å²) in [5.41, 5.74) is 6.35. The van der Waals surface area contributed by atoms with E-state index in [1.54, 1.807) is 19.2 Å². The smallest absolute Gasteiger partial charge is 0.212 e. The third-order valence-corrected chi connectivity index (χ3v) is 2.35. The molecule has 8 heteroatoms. The summed E-state index contributed by atoms with van der Waals surface area (Å²) >= 11 is 0. The molecule has 3 N–H and O–H groups in total. The highest BCUT2D eigenvalue weighted by molar-refractivity contribution is 5.82. The van der Waals surface area contributed by atoms with Crippen LogP contribution in [0.5, 0.6) is 5.75 Å². The number of benzene rings is 1. The fourth-order valence-corrected chi connectivity index (χ4v) is 1.48. The van der Waals surface area contributed by atoms with Crippen LogP contribution >= 0.6 is 0 Å². The first-order chi connectivity index (χ1) is 9.17. The van der Waals surface area contributed by atoms with E-state index in [1.165, 1.54) is 4.80 Å². The van der Waals surface area contributed by atoms with E-state index < -0.39 is 0 Å². The Hall–Kier alpha value is -2.64. The van der Waals surface area contributed by atoms with E-state index >= 15 is 0 Å². The van der Waals surface area contributed by atoms with E-state index in [-0.39, 0.29) is 12.4 Å². The van der Waals surface area contributed by atoms with E-state index in [0.29, 0.717) is 18.0 Å². The number of oxime groups is 1. The zero-order valence-corrected chi connectivity index (χ0v) is 10.4. The molecule has 0 amide bonds. The molecule has 2 rings (SSSR count). The van der Waals surface area contributed by atoms with Crippen LogP contribution in [-0.4, -0.2) is 31.3 Å². The second-order valence-electron chi connectivity index (χ2n) is 3.90. The number of aryl methyl sites for hydroxylation is 1. The summed E-state index contributed by atoms with van der Waals surface area (Å²) < 4.78 is 5.50. The number of hydrogen-bond donors (Lipinski definition) is 2. The van der Waals surface area contributed by atoms with E-state index in [9.17, 15) is 0 Å². The number of aromatic nitrogens is 4. The Labute approximate surface area is 109 Å². The van der Waals surface area contributed by atoms with Crippen molar-refractivity contribution < 1.29 is 9.94 Å². The normalized spacial score (nSPS) is 11.5. The molecule has 0 fully saturated rings. The van der Waals surface area contributed by atoms with Gasteiger partial charge in [-0.1, -0.05) is 17.3 Å². The predicted octanol–water partition coefficient (Wildman–Crippen LogP) is 0.0780. The number of ether oxygens (including phenoxy) is 1. The van der Waals surface area contributed by atoms with Crippen LogP contribution in [0.4, 0.5) is 0 Å². The average Bonchev–Trinajstić information content (AvgIpc) is 2.83. The van der Waals surface area contributed by atoms with Gasteiger partial charge in [-0.25, -0.2) is 0 Å². The molecule has 0 aliphatic heterocycles. The Kier molecular flexibility index (Phi) is 3.91. The first-order valence-corrected chi connectivity index (χ1v) is 5.58. The molecular formula is C11H14N6O2. The molecule has 0 spiro atoms. The van der Waals surface area contributed by atoms with Crippen LogP contribution in [0.15, 0.2) is 29.4 Å². The monoisotopic (exact) mass is 262 g/mol. The van der Waals surface area contributed by atoms with Gasteiger partial charge in [-0.3, -0.25) is 0 Å². The summed E-state index contributed by atoms with van der Waals surface area (Å²) in [6, 6.07) is 7.29. The highest BCUT2D eigenvalue weighted by Crippen LogP contribution is 2.13. The average molecular weight is 262 g/mol. The minimum atomic E-state index is 0.164. The summed E-state index contributed by atoms with van der Waals surface area (Å²) in [6.45, 7) is 0.257. The molecule has 0 atom stereocenters. The molecule has 8 nitrogen and oxygen atoms in total. The van der Waals surface area contributed by atoms with Crippen molar-refractivity contribution >= 4 is 5.84 Å². The van der Waals surface area contributed by atoms with Crippen LogP contribution in [0.2, 0.25) is 0 Å². The minimum absolute atomic E-state index is 0.164. The van der Waals surface area contributed by atoms with Crippen molar-refractivity contribution in [1.82, 2.24) is 20.2 Å². The van der Waals surface area contributed by atoms with Crippen LogP contribution in [0.3, 0.4) is 0 Å². The largest absolute Gasteiger partial charge is 0.485 e. The number of amidine groups is 1. The first kappa shape index (κ1) is 12.8. The topological polar surface area (TPSA) is 111 Å². The van der Waals surface area contributed by atoms with Gasteiger partial charge in [0.15, 0.2) is 6.61 Å².